The van der Waals surface area contributed by atoms with Crippen molar-refractivity contribution in [2.75, 3.05) is 5.75 Å². The first-order valence-corrected chi connectivity index (χ1v) is 14.4. The van der Waals surface area contributed by atoms with Gasteiger partial charge in [0.1, 0.15) is 6.04 Å². The van der Waals surface area contributed by atoms with Gasteiger partial charge in [0.05, 0.1) is 5.75 Å². The molecular formula is C30H34Cl2N2O2S. The number of carbonyl (C=O) groups excluding carboxylic acids is 2. The molecular weight excluding hydrogens is 523 g/mol. The van der Waals surface area contributed by atoms with E-state index < -0.39 is 6.04 Å². The SMILES string of the molecule is CC[C@H](C)NC(=O)[C@H](Cc1ccccc1)N(Cc1cccc(C)c1)C(=O)CSCc1c(Cl)cccc1Cl. The topological polar surface area (TPSA) is 49.4 Å². The lowest BCUT2D eigenvalue weighted by Crippen LogP contribution is -2.52. The van der Waals surface area contributed by atoms with E-state index in [1.54, 1.807) is 23.1 Å². The Kier molecular flexibility index (Phi) is 11.4. The number of amides is 2. The van der Waals surface area contributed by atoms with E-state index in [-0.39, 0.29) is 23.6 Å². The molecule has 0 fully saturated rings. The first kappa shape index (κ1) is 29.1. The summed E-state index contributed by atoms with van der Waals surface area (Å²) in [5.41, 5.74) is 3.91. The van der Waals surface area contributed by atoms with E-state index in [1.165, 1.54) is 11.8 Å². The normalized spacial score (nSPS) is 12.6. The number of rotatable bonds is 12. The van der Waals surface area contributed by atoms with Crippen LogP contribution in [0.25, 0.3) is 0 Å². The summed E-state index contributed by atoms with van der Waals surface area (Å²) >= 11 is 14.1. The molecule has 7 heteroatoms. The maximum absolute atomic E-state index is 13.7. The zero-order valence-corrected chi connectivity index (χ0v) is 23.9. The first-order chi connectivity index (χ1) is 17.8. The Balaban J connectivity index is 1.88. The second-order valence-corrected chi connectivity index (χ2v) is 11.0. The van der Waals surface area contributed by atoms with Crippen molar-refractivity contribution in [3.8, 4) is 0 Å². The van der Waals surface area contributed by atoms with Crippen LogP contribution in [0.5, 0.6) is 0 Å². The van der Waals surface area contributed by atoms with Gasteiger partial charge in [0.25, 0.3) is 0 Å². The Hall–Kier alpha value is -2.47. The van der Waals surface area contributed by atoms with Gasteiger partial charge in [-0.2, -0.15) is 0 Å². The molecule has 3 rings (SSSR count). The Bertz CT molecular complexity index is 1170. The summed E-state index contributed by atoms with van der Waals surface area (Å²) in [6, 6.07) is 22.7. The smallest absolute Gasteiger partial charge is 0.243 e. The molecule has 196 valence electrons. The van der Waals surface area contributed by atoms with Gasteiger partial charge in [-0.15, -0.1) is 11.8 Å². The predicted molar refractivity (Wildman–Crippen MR) is 156 cm³/mol. The molecule has 2 atom stereocenters. The van der Waals surface area contributed by atoms with E-state index in [0.29, 0.717) is 28.8 Å². The minimum Gasteiger partial charge on any atom is -0.352 e. The Morgan fingerprint density at radius 3 is 2.24 bits per heavy atom. The van der Waals surface area contributed by atoms with Gasteiger partial charge in [-0.1, -0.05) is 96.4 Å². The molecule has 0 aliphatic carbocycles. The van der Waals surface area contributed by atoms with Crippen LogP contribution < -0.4 is 5.32 Å². The summed E-state index contributed by atoms with van der Waals surface area (Å²) in [6.07, 6.45) is 1.24. The highest BCUT2D eigenvalue weighted by atomic mass is 35.5. The molecule has 0 radical (unpaired) electrons. The molecule has 0 bridgehead atoms. The van der Waals surface area contributed by atoms with Gasteiger partial charge in [0, 0.05) is 34.8 Å². The first-order valence-electron chi connectivity index (χ1n) is 12.5. The van der Waals surface area contributed by atoms with Crippen molar-refractivity contribution in [1.29, 1.82) is 0 Å². The van der Waals surface area contributed by atoms with Crippen LogP contribution in [0, 0.1) is 6.92 Å². The molecule has 3 aromatic rings. The summed E-state index contributed by atoms with van der Waals surface area (Å²) in [4.78, 5) is 29.0. The van der Waals surface area contributed by atoms with Crippen molar-refractivity contribution in [3.05, 3.63) is 105 Å². The third-order valence-electron chi connectivity index (χ3n) is 6.24. The zero-order valence-electron chi connectivity index (χ0n) is 21.5. The van der Waals surface area contributed by atoms with Crippen molar-refractivity contribution in [1.82, 2.24) is 10.2 Å². The minimum absolute atomic E-state index is 0.0124. The van der Waals surface area contributed by atoms with E-state index in [1.807, 2.05) is 69.3 Å². The van der Waals surface area contributed by atoms with E-state index in [2.05, 4.69) is 11.4 Å². The Morgan fingerprint density at radius 1 is 0.946 bits per heavy atom. The highest BCUT2D eigenvalue weighted by Gasteiger charge is 2.31. The molecule has 0 aliphatic rings. The molecule has 0 aliphatic heterocycles. The van der Waals surface area contributed by atoms with E-state index >= 15 is 0 Å². The standard InChI is InChI=1S/C30H34Cl2N2O2S/c1-4-22(3)33-30(36)28(17-23-11-6-5-7-12-23)34(18-24-13-8-10-21(2)16-24)29(35)20-37-19-25-26(31)14-9-15-27(25)32/h5-16,22,28H,4,17-20H2,1-3H3,(H,33,36)/t22-,28-/m0/s1. The van der Waals surface area contributed by atoms with Crippen LogP contribution >= 0.6 is 35.0 Å². The van der Waals surface area contributed by atoms with E-state index in [9.17, 15) is 9.59 Å². The van der Waals surface area contributed by atoms with Crippen LogP contribution in [-0.2, 0) is 28.3 Å². The van der Waals surface area contributed by atoms with Gasteiger partial charge in [-0.25, -0.2) is 0 Å². The van der Waals surface area contributed by atoms with Crippen molar-refractivity contribution >= 4 is 46.8 Å². The summed E-state index contributed by atoms with van der Waals surface area (Å²) in [6.45, 7) is 6.38. The molecule has 1 N–H and O–H groups in total. The molecule has 0 saturated heterocycles. The van der Waals surface area contributed by atoms with Crippen molar-refractivity contribution in [2.45, 2.75) is 58.0 Å². The summed E-state index contributed by atoms with van der Waals surface area (Å²) in [5.74, 6) is 0.466. The highest BCUT2D eigenvalue weighted by Crippen LogP contribution is 2.28. The van der Waals surface area contributed by atoms with Gasteiger partial charge in [0.15, 0.2) is 0 Å². The number of hydrogen-bond donors (Lipinski definition) is 1. The van der Waals surface area contributed by atoms with Gasteiger partial charge >= 0.3 is 0 Å². The molecule has 0 saturated carbocycles. The lowest BCUT2D eigenvalue weighted by Gasteiger charge is -2.32. The fourth-order valence-electron chi connectivity index (χ4n) is 4.00. The average molecular weight is 558 g/mol. The van der Waals surface area contributed by atoms with Crippen LogP contribution in [0.1, 0.15) is 42.5 Å². The molecule has 0 heterocycles. The Morgan fingerprint density at radius 2 is 1.59 bits per heavy atom. The maximum atomic E-state index is 13.7. The van der Waals surface area contributed by atoms with E-state index in [4.69, 9.17) is 23.2 Å². The summed E-state index contributed by atoms with van der Waals surface area (Å²) in [5, 5.41) is 4.27. The number of thioether (sulfide) groups is 1. The molecule has 37 heavy (non-hydrogen) atoms. The van der Waals surface area contributed by atoms with Gasteiger partial charge in [0.2, 0.25) is 11.8 Å². The van der Waals surface area contributed by atoms with Gasteiger partial charge < -0.3 is 10.2 Å². The fraction of sp³-hybridized carbons (Fsp3) is 0.333. The maximum Gasteiger partial charge on any atom is 0.243 e. The van der Waals surface area contributed by atoms with Crippen LogP contribution in [-0.4, -0.2) is 34.6 Å². The monoisotopic (exact) mass is 556 g/mol. The molecule has 4 nitrogen and oxygen atoms in total. The molecule has 3 aromatic carbocycles. The number of aryl methyl sites for hydroxylation is 1. The lowest BCUT2D eigenvalue weighted by atomic mass is 10.0. The Labute approximate surface area is 234 Å². The van der Waals surface area contributed by atoms with Gasteiger partial charge in [-0.05, 0) is 49.1 Å². The van der Waals surface area contributed by atoms with Gasteiger partial charge in [-0.3, -0.25) is 9.59 Å². The number of halogens is 2. The van der Waals surface area contributed by atoms with Crippen LogP contribution in [0.4, 0.5) is 0 Å². The fourth-order valence-corrected chi connectivity index (χ4v) is 5.64. The van der Waals surface area contributed by atoms with Crippen molar-refractivity contribution in [3.63, 3.8) is 0 Å². The van der Waals surface area contributed by atoms with E-state index in [0.717, 1.165) is 28.7 Å². The number of nitrogens with zero attached hydrogens (tertiary/aromatic N) is 1. The van der Waals surface area contributed by atoms with Crippen molar-refractivity contribution in [2.24, 2.45) is 0 Å². The molecule has 0 spiro atoms. The largest absolute Gasteiger partial charge is 0.352 e. The highest BCUT2D eigenvalue weighted by molar-refractivity contribution is 7.99. The van der Waals surface area contributed by atoms with Crippen molar-refractivity contribution < 1.29 is 9.59 Å². The second kappa shape index (κ2) is 14.5. The molecule has 0 unspecified atom stereocenters. The minimum atomic E-state index is -0.645. The van der Waals surface area contributed by atoms with Crippen LogP contribution in [0.3, 0.4) is 0 Å². The number of carbonyl (C=O) groups is 2. The average Bonchev–Trinajstić information content (AvgIpc) is 2.88. The number of nitrogens with one attached hydrogen (secondary N) is 1. The molecule has 2 amide bonds. The summed E-state index contributed by atoms with van der Waals surface area (Å²) < 4.78 is 0. The molecule has 0 aromatic heterocycles. The quantitative estimate of drug-likeness (QED) is 0.259. The van der Waals surface area contributed by atoms with Crippen LogP contribution in [0.15, 0.2) is 72.8 Å². The third kappa shape index (κ3) is 8.80. The number of hydrogen-bond acceptors (Lipinski definition) is 3. The summed E-state index contributed by atoms with van der Waals surface area (Å²) in [7, 11) is 0. The predicted octanol–water partition coefficient (Wildman–Crippen LogP) is 7.09. The second-order valence-electron chi connectivity index (χ2n) is 9.23. The lowest BCUT2D eigenvalue weighted by molar-refractivity contribution is -0.139. The zero-order chi connectivity index (χ0) is 26.8. The third-order valence-corrected chi connectivity index (χ3v) is 7.89. The van der Waals surface area contributed by atoms with Crippen LogP contribution in [0.2, 0.25) is 10.0 Å². The number of benzene rings is 3.